The first-order chi connectivity index (χ1) is 7.15. The molecule has 1 unspecified atom stereocenters. The van der Waals surface area contributed by atoms with Crippen LogP contribution in [0.4, 0.5) is 0 Å². The van der Waals surface area contributed by atoms with Crippen LogP contribution in [0, 0.1) is 0 Å². The van der Waals surface area contributed by atoms with Crippen LogP contribution >= 0.6 is 0 Å². The Hall–Kier alpha value is -1.36. The highest BCUT2D eigenvalue weighted by Gasteiger charge is 2.10. The molecule has 0 aromatic carbocycles. The first-order valence-electron chi connectivity index (χ1n) is 5.12. The van der Waals surface area contributed by atoms with Crippen LogP contribution in [0.5, 0.6) is 0 Å². The normalized spacial score (nSPS) is 12.7. The zero-order chi connectivity index (χ0) is 11.3. The van der Waals surface area contributed by atoms with Crippen molar-refractivity contribution in [2.45, 2.75) is 39.4 Å². The molecular formula is C10H17N3O2. The Labute approximate surface area is 89.1 Å². The number of carboxylic acids is 1. The van der Waals surface area contributed by atoms with E-state index in [4.69, 9.17) is 5.11 Å². The summed E-state index contributed by atoms with van der Waals surface area (Å²) in [5.74, 6) is -0.837. The average molecular weight is 211 g/mol. The second-order valence-corrected chi connectivity index (χ2v) is 3.49. The number of carbonyl (C=O) groups is 1. The molecule has 0 spiro atoms. The molecule has 0 aliphatic rings. The van der Waals surface area contributed by atoms with Gasteiger partial charge in [0.25, 0.3) is 0 Å². The van der Waals surface area contributed by atoms with Crippen LogP contribution < -0.4 is 5.32 Å². The van der Waals surface area contributed by atoms with Crippen LogP contribution in [0.25, 0.3) is 0 Å². The van der Waals surface area contributed by atoms with Crippen LogP contribution in [-0.2, 0) is 17.9 Å². The van der Waals surface area contributed by atoms with Gasteiger partial charge < -0.3 is 5.11 Å². The first kappa shape index (κ1) is 11.7. The van der Waals surface area contributed by atoms with E-state index >= 15 is 0 Å². The fourth-order valence-electron chi connectivity index (χ4n) is 1.27. The van der Waals surface area contributed by atoms with Crippen LogP contribution in [0.15, 0.2) is 12.3 Å². The maximum absolute atomic E-state index is 10.6. The highest BCUT2D eigenvalue weighted by atomic mass is 16.4. The van der Waals surface area contributed by atoms with Crippen LogP contribution in [0.1, 0.15) is 26.0 Å². The minimum absolute atomic E-state index is 0.532. The van der Waals surface area contributed by atoms with Crippen molar-refractivity contribution in [1.82, 2.24) is 15.1 Å². The van der Waals surface area contributed by atoms with Crippen molar-refractivity contribution in [2.24, 2.45) is 0 Å². The van der Waals surface area contributed by atoms with Gasteiger partial charge in [-0.15, -0.1) is 0 Å². The van der Waals surface area contributed by atoms with Gasteiger partial charge in [0.1, 0.15) is 6.04 Å². The number of aryl methyl sites for hydroxylation is 1. The molecular weight excluding hydrogens is 194 g/mol. The van der Waals surface area contributed by atoms with Gasteiger partial charge in [0, 0.05) is 19.3 Å². The largest absolute Gasteiger partial charge is 0.480 e. The number of carboxylic acid groups (broad SMARTS) is 1. The van der Waals surface area contributed by atoms with Crippen molar-refractivity contribution in [1.29, 1.82) is 0 Å². The number of rotatable bonds is 6. The third-order valence-electron chi connectivity index (χ3n) is 2.20. The molecule has 5 heteroatoms. The SMILES string of the molecule is CCCn1nccc1CNC(C)C(=O)O. The van der Waals surface area contributed by atoms with Gasteiger partial charge in [-0.05, 0) is 19.4 Å². The maximum Gasteiger partial charge on any atom is 0.320 e. The molecule has 0 amide bonds. The summed E-state index contributed by atoms with van der Waals surface area (Å²) in [5.41, 5.74) is 1.02. The summed E-state index contributed by atoms with van der Waals surface area (Å²) in [5, 5.41) is 15.8. The maximum atomic E-state index is 10.6. The van der Waals surface area contributed by atoms with Gasteiger partial charge in [0.15, 0.2) is 0 Å². The molecule has 0 aliphatic heterocycles. The van der Waals surface area contributed by atoms with E-state index in [1.54, 1.807) is 13.1 Å². The molecule has 0 radical (unpaired) electrons. The molecule has 2 N–H and O–H groups in total. The molecule has 1 rings (SSSR count). The molecule has 5 nitrogen and oxygen atoms in total. The Kier molecular flexibility index (Phi) is 4.30. The van der Waals surface area contributed by atoms with Crippen molar-refractivity contribution < 1.29 is 9.90 Å². The second-order valence-electron chi connectivity index (χ2n) is 3.49. The Morgan fingerprint density at radius 3 is 3.07 bits per heavy atom. The van der Waals surface area contributed by atoms with E-state index in [-0.39, 0.29) is 0 Å². The molecule has 1 heterocycles. The second kappa shape index (κ2) is 5.50. The molecule has 0 aliphatic carbocycles. The Bertz CT molecular complexity index is 322. The predicted molar refractivity (Wildman–Crippen MR) is 56.5 cm³/mol. The molecule has 15 heavy (non-hydrogen) atoms. The highest BCUT2D eigenvalue weighted by Crippen LogP contribution is 2.00. The quantitative estimate of drug-likeness (QED) is 0.732. The zero-order valence-electron chi connectivity index (χ0n) is 9.10. The third kappa shape index (κ3) is 3.36. The van der Waals surface area contributed by atoms with Gasteiger partial charge in [-0.25, -0.2) is 0 Å². The van der Waals surface area contributed by atoms with Gasteiger partial charge in [-0.1, -0.05) is 6.92 Å². The summed E-state index contributed by atoms with van der Waals surface area (Å²) in [6.45, 7) is 5.11. The van der Waals surface area contributed by atoms with Crippen molar-refractivity contribution in [3.8, 4) is 0 Å². The van der Waals surface area contributed by atoms with E-state index in [1.165, 1.54) is 0 Å². The predicted octanol–water partition coefficient (Wildman–Crippen LogP) is 0.856. The Morgan fingerprint density at radius 2 is 2.47 bits per heavy atom. The van der Waals surface area contributed by atoms with E-state index in [9.17, 15) is 4.79 Å². The minimum atomic E-state index is -0.837. The van der Waals surface area contributed by atoms with Crippen molar-refractivity contribution in [3.05, 3.63) is 18.0 Å². The number of hydrogen-bond donors (Lipinski definition) is 2. The lowest BCUT2D eigenvalue weighted by molar-refractivity contribution is -0.139. The number of nitrogens with one attached hydrogen (secondary N) is 1. The number of aliphatic carboxylic acids is 1. The van der Waals surface area contributed by atoms with Crippen molar-refractivity contribution >= 4 is 5.97 Å². The summed E-state index contributed by atoms with van der Waals surface area (Å²) in [4.78, 5) is 10.6. The summed E-state index contributed by atoms with van der Waals surface area (Å²) >= 11 is 0. The molecule has 84 valence electrons. The van der Waals surface area contributed by atoms with E-state index in [2.05, 4.69) is 17.3 Å². The number of aromatic nitrogens is 2. The smallest absolute Gasteiger partial charge is 0.320 e. The average Bonchev–Trinajstić information content (AvgIpc) is 2.62. The lowest BCUT2D eigenvalue weighted by Crippen LogP contribution is -2.33. The van der Waals surface area contributed by atoms with E-state index in [0.717, 1.165) is 18.7 Å². The van der Waals surface area contributed by atoms with E-state index < -0.39 is 12.0 Å². The molecule has 1 aromatic rings. The van der Waals surface area contributed by atoms with Crippen LogP contribution in [-0.4, -0.2) is 26.9 Å². The third-order valence-corrected chi connectivity index (χ3v) is 2.20. The topological polar surface area (TPSA) is 67.2 Å². The summed E-state index contributed by atoms with van der Waals surface area (Å²) < 4.78 is 1.89. The van der Waals surface area contributed by atoms with E-state index in [0.29, 0.717) is 6.54 Å². The lowest BCUT2D eigenvalue weighted by Gasteiger charge is -2.10. The summed E-state index contributed by atoms with van der Waals surface area (Å²) in [6, 6.07) is 1.37. The number of hydrogen-bond acceptors (Lipinski definition) is 3. The van der Waals surface area contributed by atoms with Crippen LogP contribution in [0.2, 0.25) is 0 Å². The fourth-order valence-corrected chi connectivity index (χ4v) is 1.27. The van der Waals surface area contributed by atoms with Gasteiger partial charge in [-0.2, -0.15) is 5.10 Å². The Balaban J connectivity index is 2.49. The first-order valence-corrected chi connectivity index (χ1v) is 5.12. The number of nitrogens with zero attached hydrogens (tertiary/aromatic N) is 2. The molecule has 0 saturated heterocycles. The van der Waals surface area contributed by atoms with Gasteiger partial charge in [-0.3, -0.25) is 14.8 Å². The van der Waals surface area contributed by atoms with Gasteiger partial charge >= 0.3 is 5.97 Å². The van der Waals surface area contributed by atoms with Gasteiger partial charge in [0.2, 0.25) is 0 Å². The lowest BCUT2D eigenvalue weighted by atomic mass is 10.3. The minimum Gasteiger partial charge on any atom is -0.480 e. The van der Waals surface area contributed by atoms with Crippen molar-refractivity contribution in [2.75, 3.05) is 0 Å². The van der Waals surface area contributed by atoms with Crippen LogP contribution in [0.3, 0.4) is 0 Å². The van der Waals surface area contributed by atoms with Crippen molar-refractivity contribution in [3.63, 3.8) is 0 Å². The standard InChI is InChI=1S/C10H17N3O2/c1-3-6-13-9(4-5-12-13)7-11-8(2)10(14)15/h4-5,8,11H,3,6-7H2,1-2H3,(H,14,15). The zero-order valence-corrected chi connectivity index (χ0v) is 9.10. The molecule has 1 aromatic heterocycles. The van der Waals surface area contributed by atoms with E-state index in [1.807, 2.05) is 10.7 Å². The van der Waals surface area contributed by atoms with Gasteiger partial charge in [0.05, 0.1) is 5.69 Å². The monoisotopic (exact) mass is 211 g/mol. The Morgan fingerprint density at radius 1 is 1.73 bits per heavy atom. The summed E-state index contributed by atoms with van der Waals surface area (Å²) in [6.07, 6.45) is 2.75. The highest BCUT2D eigenvalue weighted by molar-refractivity contribution is 5.72. The fraction of sp³-hybridized carbons (Fsp3) is 0.600. The molecule has 0 fully saturated rings. The molecule has 1 atom stereocenters. The molecule has 0 saturated carbocycles. The summed E-state index contributed by atoms with van der Waals surface area (Å²) in [7, 11) is 0. The molecule has 0 bridgehead atoms.